The number of carbonyl (C=O) groups excluding carboxylic acids is 1. The predicted molar refractivity (Wildman–Crippen MR) is 139 cm³/mol. The quantitative estimate of drug-likeness (QED) is 0.438. The van der Waals surface area contributed by atoms with Crippen LogP contribution in [0.5, 0.6) is 0 Å². The highest BCUT2D eigenvalue weighted by Gasteiger charge is 2.38. The molecule has 182 valence electrons. The second kappa shape index (κ2) is 9.96. The summed E-state index contributed by atoms with van der Waals surface area (Å²) < 4.78 is 29.3. The molecule has 1 fully saturated rings. The van der Waals surface area contributed by atoms with Crippen LogP contribution in [-0.4, -0.2) is 31.2 Å². The maximum Gasteiger partial charge on any atom is 0.243 e. The molecule has 0 N–H and O–H groups in total. The van der Waals surface area contributed by atoms with Gasteiger partial charge in [-0.3, -0.25) is 4.79 Å². The van der Waals surface area contributed by atoms with Gasteiger partial charge >= 0.3 is 0 Å². The van der Waals surface area contributed by atoms with Crippen LogP contribution >= 0.6 is 0 Å². The molecule has 3 aromatic rings. The van der Waals surface area contributed by atoms with Crippen LogP contribution < -0.4 is 4.90 Å². The Morgan fingerprint density at radius 3 is 2.23 bits per heavy atom. The van der Waals surface area contributed by atoms with E-state index in [4.69, 9.17) is 0 Å². The molecule has 0 spiro atoms. The van der Waals surface area contributed by atoms with Gasteiger partial charge in [-0.15, -0.1) is 0 Å². The normalized spacial score (nSPS) is 17.9. The van der Waals surface area contributed by atoms with E-state index in [0.29, 0.717) is 30.8 Å². The predicted octanol–water partition coefficient (Wildman–Crippen LogP) is 5.20. The number of amides is 1. The van der Waals surface area contributed by atoms with Crippen LogP contribution in [0.1, 0.15) is 42.9 Å². The minimum Gasteiger partial charge on any atom is -0.309 e. The first kappa shape index (κ1) is 23.8. The molecular formula is C29H32N2O3S. The van der Waals surface area contributed by atoms with Gasteiger partial charge in [-0.05, 0) is 67.5 Å². The third kappa shape index (κ3) is 4.91. The number of rotatable bonds is 8. The van der Waals surface area contributed by atoms with Gasteiger partial charge in [0.25, 0.3) is 0 Å². The zero-order valence-corrected chi connectivity index (χ0v) is 21.0. The van der Waals surface area contributed by atoms with Crippen molar-refractivity contribution in [2.24, 2.45) is 5.92 Å². The van der Waals surface area contributed by atoms with E-state index >= 15 is 0 Å². The second-order valence-electron chi connectivity index (χ2n) is 9.74. The Balaban J connectivity index is 1.42. The molecule has 5 nitrogen and oxygen atoms in total. The van der Waals surface area contributed by atoms with Gasteiger partial charge in [0.2, 0.25) is 15.9 Å². The second-order valence-corrected chi connectivity index (χ2v) is 11.7. The average Bonchev–Trinajstić information content (AvgIpc) is 3.16. The fourth-order valence-corrected chi connectivity index (χ4v) is 6.55. The van der Waals surface area contributed by atoms with E-state index in [1.165, 1.54) is 0 Å². The van der Waals surface area contributed by atoms with Crippen LogP contribution in [0.3, 0.4) is 0 Å². The van der Waals surface area contributed by atoms with Gasteiger partial charge in [-0.1, -0.05) is 67.1 Å². The lowest BCUT2D eigenvalue weighted by Gasteiger charge is -2.32. The van der Waals surface area contributed by atoms with Gasteiger partial charge in [0.05, 0.1) is 4.90 Å². The lowest BCUT2D eigenvalue weighted by Crippen LogP contribution is -2.42. The lowest BCUT2D eigenvalue weighted by molar-refractivity contribution is -0.125. The van der Waals surface area contributed by atoms with Crippen molar-refractivity contribution >= 4 is 21.6 Å². The summed E-state index contributed by atoms with van der Waals surface area (Å²) in [6, 6.07) is 25.0. The van der Waals surface area contributed by atoms with E-state index in [9.17, 15) is 13.2 Å². The minimum atomic E-state index is -3.73. The molecule has 35 heavy (non-hydrogen) atoms. The van der Waals surface area contributed by atoms with Crippen molar-refractivity contribution in [3.05, 3.63) is 95.6 Å². The Kier molecular flexibility index (Phi) is 6.76. The molecule has 1 heterocycles. The van der Waals surface area contributed by atoms with E-state index in [2.05, 4.69) is 0 Å². The summed E-state index contributed by atoms with van der Waals surface area (Å²) in [4.78, 5) is 15.2. The number of fused-ring (bicyclic) bond motifs is 1. The lowest BCUT2D eigenvalue weighted by atomic mass is 9.84. The Hall–Kier alpha value is -2.96. The Labute approximate surface area is 208 Å². The fraction of sp³-hybridized carbons (Fsp3) is 0.345. The van der Waals surface area contributed by atoms with Crippen molar-refractivity contribution in [1.82, 2.24) is 4.31 Å². The Morgan fingerprint density at radius 1 is 0.943 bits per heavy atom. The molecule has 1 unspecified atom stereocenters. The standard InChI is InChI=1S/C29H32N2O3S/c1-22-19-26-20-27(15-16-28(26)31(22)29(32)25-13-8-14-25)35(33,34)30(21-24-11-6-3-7-12-24)18-17-23-9-4-2-5-10-23/h2-7,9-12,15-16,20,22,25H,8,13-14,17-19,21H2,1H3. The van der Waals surface area contributed by atoms with E-state index < -0.39 is 10.0 Å². The minimum absolute atomic E-state index is 0.0505. The summed E-state index contributed by atoms with van der Waals surface area (Å²) in [5.74, 6) is 0.304. The summed E-state index contributed by atoms with van der Waals surface area (Å²) >= 11 is 0. The third-order valence-corrected chi connectivity index (χ3v) is 9.13. The van der Waals surface area contributed by atoms with Gasteiger partial charge in [0.1, 0.15) is 0 Å². The highest BCUT2D eigenvalue weighted by Crippen LogP contribution is 2.38. The van der Waals surface area contributed by atoms with Crippen LogP contribution in [0, 0.1) is 5.92 Å². The van der Waals surface area contributed by atoms with E-state index in [1.807, 2.05) is 78.6 Å². The van der Waals surface area contributed by atoms with Gasteiger partial charge < -0.3 is 4.90 Å². The monoisotopic (exact) mass is 488 g/mol. The molecule has 1 aliphatic heterocycles. The van der Waals surface area contributed by atoms with Crippen molar-refractivity contribution in [1.29, 1.82) is 0 Å². The number of sulfonamides is 1. The highest BCUT2D eigenvalue weighted by atomic mass is 32.2. The van der Waals surface area contributed by atoms with Crippen molar-refractivity contribution in [3.8, 4) is 0 Å². The molecule has 1 aliphatic carbocycles. The van der Waals surface area contributed by atoms with Crippen LogP contribution in [-0.2, 0) is 34.2 Å². The summed E-state index contributed by atoms with van der Waals surface area (Å²) in [6.45, 7) is 2.75. The summed E-state index contributed by atoms with van der Waals surface area (Å²) in [5, 5.41) is 0. The molecule has 6 heteroatoms. The third-order valence-electron chi connectivity index (χ3n) is 7.29. The molecule has 1 atom stereocenters. The molecule has 0 aromatic heterocycles. The largest absolute Gasteiger partial charge is 0.309 e. The van der Waals surface area contributed by atoms with Gasteiger partial charge in [0, 0.05) is 30.7 Å². The number of hydrogen-bond donors (Lipinski definition) is 0. The maximum atomic E-state index is 13.9. The van der Waals surface area contributed by atoms with Crippen molar-refractivity contribution < 1.29 is 13.2 Å². The zero-order chi connectivity index (χ0) is 24.4. The van der Waals surface area contributed by atoms with Crippen molar-refractivity contribution in [2.75, 3.05) is 11.4 Å². The molecular weight excluding hydrogens is 456 g/mol. The summed E-state index contributed by atoms with van der Waals surface area (Å²) in [5.41, 5.74) is 3.87. The Bertz CT molecular complexity index is 1290. The fourth-order valence-electron chi connectivity index (χ4n) is 5.07. The molecule has 5 rings (SSSR count). The maximum absolute atomic E-state index is 13.9. The average molecular weight is 489 g/mol. The number of hydrogen-bond acceptors (Lipinski definition) is 3. The number of carbonyl (C=O) groups is 1. The van der Waals surface area contributed by atoms with E-state index in [1.54, 1.807) is 16.4 Å². The molecule has 0 radical (unpaired) electrons. The molecule has 3 aromatic carbocycles. The smallest absolute Gasteiger partial charge is 0.243 e. The van der Waals surface area contributed by atoms with E-state index in [-0.39, 0.29) is 17.9 Å². The van der Waals surface area contributed by atoms with Crippen LogP contribution in [0.2, 0.25) is 0 Å². The zero-order valence-electron chi connectivity index (χ0n) is 20.1. The van der Waals surface area contributed by atoms with Crippen molar-refractivity contribution in [3.63, 3.8) is 0 Å². The highest BCUT2D eigenvalue weighted by molar-refractivity contribution is 7.89. The molecule has 0 bridgehead atoms. The molecule has 1 amide bonds. The van der Waals surface area contributed by atoms with Crippen LogP contribution in [0.4, 0.5) is 5.69 Å². The molecule has 0 saturated heterocycles. The first-order valence-corrected chi connectivity index (χ1v) is 13.9. The first-order chi connectivity index (χ1) is 16.9. The number of nitrogens with zero attached hydrogens (tertiary/aromatic N) is 2. The van der Waals surface area contributed by atoms with Crippen LogP contribution in [0.25, 0.3) is 0 Å². The molecule has 1 saturated carbocycles. The number of anilines is 1. The van der Waals surface area contributed by atoms with Gasteiger partial charge in [-0.25, -0.2) is 8.42 Å². The van der Waals surface area contributed by atoms with Gasteiger partial charge in [0.15, 0.2) is 0 Å². The summed E-state index contributed by atoms with van der Waals surface area (Å²) in [7, 11) is -3.73. The Morgan fingerprint density at radius 2 is 1.60 bits per heavy atom. The van der Waals surface area contributed by atoms with Crippen LogP contribution in [0.15, 0.2) is 83.8 Å². The van der Waals surface area contributed by atoms with Gasteiger partial charge in [-0.2, -0.15) is 4.31 Å². The SMILES string of the molecule is CC1Cc2cc(S(=O)(=O)N(CCc3ccccc3)Cc3ccccc3)ccc2N1C(=O)C1CCC1. The number of benzene rings is 3. The first-order valence-electron chi connectivity index (χ1n) is 12.5. The summed E-state index contributed by atoms with van der Waals surface area (Å²) in [6.07, 6.45) is 4.35. The molecule has 2 aliphatic rings. The van der Waals surface area contributed by atoms with E-state index in [0.717, 1.165) is 41.6 Å². The topological polar surface area (TPSA) is 57.7 Å². The van der Waals surface area contributed by atoms with Crippen molar-refractivity contribution in [2.45, 2.75) is 56.5 Å².